The van der Waals surface area contributed by atoms with Crippen molar-refractivity contribution in [1.82, 2.24) is 0 Å². The molecule has 1 aromatic rings. The molecule has 0 unspecified atom stereocenters. The predicted octanol–water partition coefficient (Wildman–Crippen LogP) is 3.84. The standard InChI is InChI=1S/C13H18F5NO3Si/c1-4-20-23(21-5-2,22-6-3)13(16,17)19(18)11-9-7-8-10(14)12(11)15/h7-9H,4-6H2,1-3H3. The molecule has 0 saturated heterocycles. The van der Waals surface area contributed by atoms with Gasteiger partial charge >= 0.3 is 14.5 Å². The van der Waals surface area contributed by atoms with Crippen LogP contribution in [0.5, 0.6) is 0 Å². The highest BCUT2D eigenvalue weighted by atomic mass is 28.4. The fourth-order valence-electron chi connectivity index (χ4n) is 1.87. The van der Waals surface area contributed by atoms with Crippen LogP contribution in [-0.2, 0) is 13.3 Å². The quantitative estimate of drug-likeness (QED) is 0.290. The number of rotatable bonds is 9. The fourth-order valence-corrected chi connectivity index (χ4v) is 4.14. The van der Waals surface area contributed by atoms with Gasteiger partial charge in [0.15, 0.2) is 11.6 Å². The molecule has 132 valence electrons. The van der Waals surface area contributed by atoms with Crippen LogP contribution in [0, 0.1) is 11.6 Å². The van der Waals surface area contributed by atoms with Crippen molar-refractivity contribution in [1.29, 1.82) is 0 Å². The smallest absolute Gasteiger partial charge is 0.369 e. The average Bonchev–Trinajstić information content (AvgIpc) is 2.50. The molecule has 0 heterocycles. The highest BCUT2D eigenvalue weighted by Gasteiger charge is 2.70. The molecule has 0 aliphatic carbocycles. The summed E-state index contributed by atoms with van der Waals surface area (Å²) in [5.74, 6) is -3.21. The highest BCUT2D eigenvalue weighted by Crippen LogP contribution is 2.39. The molecule has 0 aromatic heterocycles. The van der Waals surface area contributed by atoms with Crippen LogP contribution in [0.15, 0.2) is 18.2 Å². The Kier molecular flexibility index (Phi) is 6.93. The van der Waals surface area contributed by atoms with Gasteiger partial charge < -0.3 is 13.3 Å². The average molecular weight is 359 g/mol. The molecule has 1 aromatic carbocycles. The van der Waals surface area contributed by atoms with E-state index in [0.717, 1.165) is 6.07 Å². The lowest BCUT2D eigenvalue weighted by molar-refractivity contribution is -0.0731. The van der Waals surface area contributed by atoms with Crippen molar-refractivity contribution in [2.45, 2.75) is 26.4 Å². The third-order valence-corrected chi connectivity index (χ3v) is 5.70. The Morgan fingerprint density at radius 3 is 1.91 bits per heavy atom. The lowest BCUT2D eigenvalue weighted by atomic mass is 10.3. The summed E-state index contributed by atoms with van der Waals surface area (Å²) in [5.41, 5.74) is -5.73. The number of hydrogen-bond acceptors (Lipinski definition) is 4. The lowest BCUT2D eigenvalue weighted by Crippen LogP contribution is -2.66. The van der Waals surface area contributed by atoms with Gasteiger partial charge in [-0.3, -0.25) is 0 Å². The van der Waals surface area contributed by atoms with Crippen LogP contribution in [0.25, 0.3) is 0 Å². The van der Waals surface area contributed by atoms with Gasteiger partial charge in [-0.2, -0.15) is 8.78 Å². The Labute approximate surface area is 132 Å². The summed E-state index contributed by atoms with van der Waals surface area (Å²) in [6.45, 7) is 3.51. The van der Waals surface area contributed by atoms with Gasteiger partial charge in [0.25, 0.3) is 0 Å². The highest BCUT2D eigenvalue weighted by molar-refractivity contribution is 6.64. The summed E-state index contributed by atoms with van der Waals surface area (Å²) < 4.78 is 85.2. The fraction of sp³-hybridized carbons (Fsp3) is 0.538. The molecule has 23 heavy (non-hydrogen) atoms. The van der Waals surface area contributed by atoms with E-state index < -0.39 is 36.9 Å². The van der Waals surface area contributed by atoms with Gasteiger partial charge in [0.1, 0.15) is 5.69 Å². The predicted molar refractivity (Wildman–Crippen MR) is 75.5 cm³/mol. The van der Waals surface area contributed by atoms with Crippen LogP contribution in [0.4, 0.5) is 27.7 Å². The summed E-state index contributed by atoms with van der Waals surface area (Å²) in [4.78, 5) is 0. The Morgan fingerprint density at radius 1 is 1.00 bits per heavy atom. The normalized spacial score (nSPS) is 12.5. The van der Waals surface area contributed by atoms with Gasteiger partial charge in [0.2, 0.25) is 0 Å². The van der Waals surface area contributed by atoms with Crippen LogP contribution in [0.2, 0.25) is 0 Å². The van der Waals surface area contributed by atoms with Crippen molar-refractivity contribution in [2.75, 3.05) is 24.9 Å². The molecule has 4 nitrogen and oxygen atoms in total. The minimum Gasteiger partial charge on any atom is -0.369 e. The van der Waals surface area contributed by atoms with Crippen molar-refractivity contribution in [3.63, 3.8) is 0 Å². The van der Waals surface area contributed by atoms with E-state index in [4.69, 9.17) is 13.3 Å². The number of halogens is 5. The number of anilines is 1. The maximum Gasteiger partial charge on any atom is 0.603 e. The first-order valence-corrected chi connectivity index (χ1v) is 8.69. The summed E-state index contributed by atoms with van der Waals surface area (Å²) in [6, 6.07) is 2.26. The summed E-state index contributed by atoms with van der Waals surface area (Å²) in [5, 5.41) is -1.20. The van der Waals surface area contributed by atoms with Crippen molar-refractivity contribution < 1.29 is 35.3 Å². The first kappa shape index (κ1) is 19.8. The molecule has 0 aliphatic heterocycles. The van der Waals surface area contributed by atoms with Gasteiger partial charge in [-0.05, 0) is 32.9 Å². The Bertz CT molecular complexity index is 503. The van der Waals surface area contributed by atoms with Crippen LogP contribution in [0.3, 0.4) is 0 Å². The molecular formula is C13H18F5NO3Si. The summed E-state index contributed by atoms with van der Waals surface area (Å²) >= 11 is 0. The van der Waals surface area contributed by atoms with Crippen molar-refractivity contribution in [3.05, 3.63) is 29.8 Å². The largest absolute Gasteiger partial charge is 0.603 e. The SMILES string of the molecule is CCO[Si](OCC)(OCC)C(F)(F)N(F)c1cccc(F)c1F. The van der Waals surface area contributed by atoms with E-state index in [1.807, 2.05) is 0 Å². The second kappa shape index (κ2) is 8.04. The van der Waals surface area contributed by atoms with E-state index in [2.05, 4.69) is 0 Å². The van der Waals surface area contributed by atoms with Gasteiger partial charge in [0, 0.05) is 19.8 Å². The molecule has 1 rings (SSSR count). The molecular weight excluding hydrogens is 341 g/mol. The second-order valence-electron chi connectivity index (χ2n) is 4.25. The Morgan fingerprint density at radius 2 is 1.48 bits per heavy atom. The monoisotopic (exact) mass is 359 g/mol. The number of hydrogen-bond donors (Lipinski definition) is 0. The lowest BCUT2D eigenvalue weighted by Gasteiger charge is -2.37. The zero-order valence-corrected chi connectivity index (χ0v) is 13.9. The molecule has 0 N–H and O–H groups in total. The van der Waals surface area contributed by atoms with Gasteiger partial charge in [-0.1, -0.05) is 10.5 Å². The van der Waals surface area contributed by atoms with Crippen molar-refractivity contribution >= 4 is 14.5 Å². The van der Waals surface area contributed by atoms with E-state index in [1.54, 1.807) is 0 Å². The third kappa shape index (κ3) is 3.82. The van der Waals surface area contributed by atoms with E-state index in [0.29, 0.717) is 12.1 Å². The topological polar surface area (TPSA) is 30.9 Å². The van der Waals surface area contributed by atoms with Crippen LogP contribution in [-0.4, -0.2) is 34.3 Å². The zero-order chi connectivity index (χ0) is 17.7. The van der Waals surface area contributed by atoms with E-state index in [1.165, 1.54) is 20.8 Å². The number of benzene rings is 1. The van der Waals surface area contributed by atoms with Gasteiger partial charge in [0.05, 0.1) is 0 Å². The second-order valence-corrected chi connectivity index (χ2v) is 6.83. The third-order valence-electron chi connectivity index (χ3n) is 2.76. The molecule has 0 saturated carbocycles. The maximum atomic E-state index is 14.6. The molecule has 0 amide bonds. The number of nitrogens with zero attached hydrogens (tertiary/aromatic N) is 1. The van der Waals surface area contributed by atoms with E-state index in [9.17, 15) is 22.0 Å². The molecule has 0 radical (unpaired) electrons. The first-order valence-electron chi connectivity index (χ1n) is 6.97. The Hall–Kier alpha value is -1.23. The zero-order valence-electron chi connectivity index (χ0n) is 12.9. The van der Waals surface area contributed by atoms with Gasteiger partial charge in [-0.15, -0.1) is 5.12 Å². The first-order chi connectivity index (χ1) is 10.8. The molecule has 0 fully saturated rings. The van der Waals surface area contributed by atoms with Crippen molar-refractivity contribution in [3.8, 4) is 0 Å². The van der Waals surface area contributed by atoms with Crippen LogP contribution in [0.1, 0.15) is 20.8 Å². The van der Waals surface area contributed by atoms with Gasteiger partial charge in [-0.25, -0.2) is 8.78 Å². The Balaban J connectivity index is 3.34. The minimum atomic E-state index is -4.88. The van der Waals surface area contributed by atoms with E-state index in [-0.39, 0.29) is 19.8 Å². The van der Waals surface area contributed by atoms with Crippen molar-refractivity contribution in [2.24, 2.45) is 0 Å². The maximum absolute atomic E-state index is 14.6. The van der Waals surface area contributed by atoms with Crippen LogP contribution >= 0.6 is 0 Å². The molecule has 10 heteroatoms. The molecule has 0 atom stereocenters. The summed E-state index contributed by atoms with van der Waals surface area (Å²) in [7, 11) is -4.88. The molecule has 0 spiro atoms. The minimum absolute atomic E-state index is 0.235. The summed E-state index contributed by atoms with van der Waals surface area (Å²) in [6.07, 6.45) is 0. The van der Waals surface area contributed by atoms with E-state index >= 15 is 0 Å². The molecule has 0 aliphatic rings. The van der Waals surface area contributed by atoms with Crippen LogP contribution < -0.4 is 5.12 Å². The molecule has 0 bridgehead atoms. The number of alkyl halides is 2.